The molecular formula is C16H20N4O6. The molecule has 0 spiro atoms. The molecule has 1 aliphatic rings. The number of rotatable bonds is 5. The number of hydrogen-bond donors (Lipinski definition) is 1. The van der Waals surface area contributed by atoms with Crippen LogP contribution in [-0.4, -0.2) is 67.9 Å². The van der Waals surface area contributed by atoms with Crippen molar-refractivity contribution in [3.8, 4) is 0 Å². The second-order valence-electron chi connectivity index (χ2n) is 5.94. The smallest absolute Gasteiger partial charge is 0.308 e. The van der Waals surface area contributed by atoms with Crippen molar-refractivity contribution in [2.45, 2.75) is 12.5 Å². The van der Waals surface area contributed by atoms with Gasteiger partial charge < -0.3 is 19.9 Å². The van der Waals surface area contributed by atoms with Crippen LogP contribution in [0.4, 0.5) is 11.4 Å². The molecule has 1 unspecified atom stereocenters. The zero-order chi connectivity index (χ0) is 19.4. The van der Waals surface area contributed by atoms with Gasteiger partial charge in [0.2, 0.25) is 5.91 Å². The molecule has 1 atom stereocenters. The van der Waals surface area contributed by atoms with Gasteiger partial charge in [0.1, 0.15) is 11.7 Å². The van der Waals surface area contributed by atoms with Gasteiger partial charge in [-0.3, -0.25) is 24.5 Å². The van der Waals surface area contributed by atoms with E-state index in [1.807, 2.05) is 0 Å². The van der Waals surface area contributed by atoms with E-state index >= 15 is 0 Å². The molecule has 0 saturated carbocycles. The molecule has 140 valence electrons. The standard InChI is InChI=1S/C16H20N4O6/c1-18(2)11-5-4-10(8-12(11)20(24)25)16(23)19-7-6-17-15(22)13(19)9-14(21)26-3/h4-5,8,13H,6-7,9H2,1-3H3,(H,17,22). The van der Waals surface area contributed by atoms with Gasteiger partial charge in [-0.15, -0.1) is 0 Å². The molecular weight excluding hydrogens is 344 g/mol. The zero-order valence-corrected chi connectivity index (χ0v) is 14.7. The first-order chi connectivity index (χ1) is 12.3. The van der Waals surface area contributed by atoms with E-state index in [1.165, 1.54) is 30.2 Å². The maximum Gasteiger partial charge on any atom is 0.308 e. The van der Waals surface area contributed by atoms with Gasteiger partial charge in [-0.2, -0.15) is 0 Å². The lowest BCUT2D eigenvalue weighted by Crippen LogP contribution is -2.57. The number of carbonyl (C=O) groups excluding carboxylic acids is 3. The van der Waals surface area contributed by atoms with Gasteiger partial charge in [-0.1, -0.05) is 0 Å². The molecule has 26 heavy (non-hydrogen) atoms. The molecule has 0 bridgehead atoms. The number of piperazine rings is 1. The third-order valence-corrected chi connectivity index (χ3v) is 4.08. The number of ether oxygens (including phenoxy) is 1. The van der Waals surface area contributed by atoms with Gasteiger partial charge in [0.15, 0.2) is 0 Å². The molecule has 1 fully saturated rings. The number of benzene rings is 1. The number of nitrogens with one attached hydrogen (secondary N) is 1. The van der Waals surface area contributed by atoms with Gasteiger partial charge in [-0.25, -0.2) is 0 Å². The lowest BCUT2D eigenvalue weighted by Gasteiger charge is -2.34. The number of nitrogens with zero attached hydrogens (tertiary/aromatic N) is 3. The van der Waals surface area contributed by atoms with Crippen LogP contribution in [0.15, 0.2) is 18.2 Å². The third-order valence-electron chi connectivity index (χ3n) is 4.08. The average molecular weight is 364 g/mol. The van der Waals surface area contributed by atoms with E-state index in [9.17, 15) is 24.5 Å². The van der Waals surface area contributed by atoms with Crippen LogP contribution in [0.3, 0.4) is 0 Å². The van der Waals surface area contributed by atoms with Gasteiger partial charge in [0.05, 0.1) is 18.5 Å². The van der Waals surface area contributed by atoms with Crippen molar-refractivity contribution in [1.82, 2.24) is 10.2 Å². The molecule has 10 heteroatoms. The van der Waals surface area contributed by atoms with Crippen LogP contribution in [0.1, 0.15) is 16.8 Å². The highest BCUT2D eigenvalue weighted by Gasteiger charge is 2.36. The molecule has 0 radical (unpaired) electrons. The van der Waals surface area contributed by atoms with Crippen molar-refractivity contribution < 1.29 is 24.0 Å². The summed E-state index contributed by atoms with van der Waals surface area (Å²) in [6, 6.07) is 3.10. The lowest BCUT2D eigenvalue weighted by molar-refractivity contribution is -0.384. The van der Waals surface area contributed by atoms with E-state index in [0.717, 1.165) is 0 Å². The van der Waals surface area contributed by atoms with Crippen LogP contribution < -0.4 is 10.2 Å². The van der Waals surface area contributed by atoms with Crippen molar-refractivity contribution in [2.24, 2.45) is 0 Å². The fourth-order valence-electron chi connectivity index (χ4n) is 2.75. The Bertz CT molecular complexity index is 748. The normalized spacial score (nSPS) is 16.7. The van der Waals surface area contributed by atoms with Crippen molar-refractivity contribution in [1.29, 1.82) is 0 Å². The third kappa shape index (κ3) is 3.90. The predicted molar refractivity (Wildman–Crippen MR) is 91.9 cm³/mol. The highest BCUT2D eigenvalue weighted by Crippen LogP contribution is 2.28. The highest BCUT2D eigenvalue weighted by molar-refractivity contribution is 6.00. The average Bonchev–Trinajstić information content (AvgIpc) is 2.61. The van der Waals surface area contributed by atoms with Crippen molar-refractivity contribution in [3.63, 3.8) is 0 Å². The number of anilines is 1. The summed E-state index contributed by atoms with van der Waals surface area (Å²) in [5, 5.41) is 13.9. The van der Waals surface area contributed by atoms with Crippen LogP contribution in [0.2, 0.25) is 0 Å². The second kappa shape index (κ2) is 7.81. The number of methoxy groups -OCH3 is 1. The Kier molecular flexibility index (Phi) is 5.75. The van der Waals surface area contributed by atoms with Gasteiger partial charge in [0, 0.05) is 38.8 Å². The molecule has 1 aromatic carbocycles. The summed E-state index contributed by atoms with van der Waals surface area (Å²) in [7, 11) is 4.51. The molecule has 2 rings (SSSR count). The number of esters is 1. The fourth-order valence-corrected chi connectivity index (χ4v) is 2.75. The number of amides is 2. The van der Waals surface area contributed by atoms with Crippen LogP contribution in [0.25, 0.3) is 0 Å². The van der Waals surface area contributed by atoms with Crippen LogP contribution in [0.5, 0.6) is 0 Å². The molecule has 1 aliphatic heterocycles. The van der Waals surface area contributed by atoms with E-state index in [-0.39, 0.29) is 30.8 Å². The van der Waals surface area contributed by atoms with E-state index in [0.29, 0.717) is 5.69 Å². The summed E-state index contributed by atoms with van der Waals surface area (Å²) < 4.78 is 4.58. The number of hydrogen-bond acceptors (Lipinski definition) is 7. The number of nitro groups is 1. The summed E-state index contributed by atoms with van der Waals surface area (Å²) in [5.41, 5.74) is 0.216. The minimum Gasteiger partial charge on any atom is -0.469 e. The Morgan fingerprint density at radius 2 is 2.12 bits per heavy atom. The number of carbonyl (C=O) groups is 3. The maximum atomic E-state index is 12.8. The second-order valence-corrected chi connectivity index (χ2v) is 5.94. The minimum atomic E-state index is -1.02. The summed E-state index contributed by atoms with van der Waals surface area (Å²) in [4.78, 5) is 50.0. The van der Waals surface area contributed by atoms with E-state index in [2.05, 4.69) is 10.1 Å². The minimum absolute atomic E-state index is 0.0758. The summed E-state index contributed by atoms with van der Waals surface area (Å²) >= 11 is 0. The van der Waals surface area contributed by atoms with Crippen molar-refractivity contribution >= 4 is 29.2 Å². The summed E-state index contributed by atoms with van der Waals surface area (Å²) in [6.45, 7) is 0.426. The maximum absolute atomic E-state index is 12.8. The topological polar surface area (TPSA) is 122 Å². The van der Waals surface area contributed by atoms with E-state index in [4.69, 9.17) is 0 Å². The molecule has 1 N–H and O–H groups in total. The first-order valence-electron chi connectivity index (χ1n) is 7.87. The molecule has 1 saturated heterocycles. The molecule has 1 aromatic rings. The quantitative estimate of drug-likeness (QED) is 0.449. The first kappa shape index (κ1) is 19.2. The van der Waals surface area contributed by atoms with Gasteiger partial charge in [0.25, 0.3) is 11.6 Å². The Balaban J connectivity index is 2.36. The van der Waals surface area contributed by atoms with E-state index < -0.39 is 28.7 Å². The van der Waals surface area contributed by atoms with Crippen molar-refractivity contribution in [2.75, 3.05) is 39.2 Å². The molecule has 1 heterocycles. The monoisotopic (exact) mass is 364 g/mol. The van der Waals surface area contributed by atoms with Gasteiger partial charge in [-0.05, 0) is 12.1 Å². The largest absolute Gasteiger partial charge is 0.469 e. The van der Waals surface area contributed by atoms with Crippen molar-refractivity contribution in [3.05, 3.63) is 33.9 Å². The lowest BCUT2D eigenvalue weighted by atomic mass is 10.1. The predicted octanol–water partition coefficient (Wildman–Crippen LogP) is 0.165. The zero-order valence-electron chi connectivity index (χ0n) is 14.7. The number of nitro benzene ring substituents is 1. The summed E-state index contributed by atoms with van der Waals surface area (Å²) in [6.07, 6.45) is -0.286. The Hall–Kier alpha value is -3.17. The Morgan fingerprint density at radius 3 is 2.69 bits per heavy atom. The molecule has 10 nitrogen and oxygen atoms in total. The Labute approximate surface area is 149 Å². The molecule has 2 amide bonds. The fraction of sp³-hybridized carbons (Fsp3) is 0.438. The van der Waals surface area contributed by atoms with Crippen LogP contribution in [-0.2, 0) is 14.3 Å². The van der Waals surface area contributed by atoms with Crippen LogP contribution >= 0.6 is 0 Å². The SMILES string of the molecule is COC(=O)CC1C(=O)NCCN1C(=O)c1ccc(N(C)C)c([N+](=O)[O-])c1. The Morgan fingerprint density at radius 1 is 1.42 bits per heavy atom. The van der Waals surface area contributed by atoms with Crippen LogP contribution in [0, 0.1) is 10.1 Å². The van der Waals surface area contributed by atoms with E-state index in [1.54, 1.807) is 19.0 Å². The molecule has 0 aliphatic carbocycles. The van der Waals surface area contributed by atoms with Gasteiger partial charge >= 0.3 is 5.97 Å². The highest BCUT2D eigenvalue weighted by atomic mass is 16.6. The molecule has 0 aromatic heterocycles. The summed E-state index contributed by atoms with van der Waals surface area (Å²) in [5.74, 6) is -1.64. The first-order valence-corrected chi connectivity index (χ1v) is 7.87.